The van der Waals surface area contributed by atoms with E-state index >= 15 is 0 Å². The van der Waals surface area contributed by atoms with Gasteiger partial charge in [-0.15, -0.1) is 0 Å². The average Bonchev–Trinajstić information content (AvgIpc) is 2.36. The maximum Gasteiger partial charge on any atom is 0.321 e. The molecular formula is C15H28O4. The highest BCUT2D eigenvalue weighted by Crippen LogP contribution is 2.45. The van der Waals surface area contributed by atoms with E-state index in [4.69, 9.17) is 0 Å². The summed E-state index contributed by atoms with van der Waals surface area (Å²) in [6.45, 7) is 7.72. The van der Waals surface area contributed by atoms with Crippen molar-refractivity contribution < 1.29 is 19.8 Å². The molecule has 4 heteroatoms. The van der Waals surface area contributed by atoms with Crippen molar-refractivity contribution >= 4 is 11.9 Å². The summed E-state index contributed by atoms with van der Waals surface area (Å²) < 4.78 is 0. The number of rotatable bonds is 10. The molecule has 0 rings (SSSR count). The fraction of sp³-hybridized carbons (Fsp3) is 0.867. The number of hydrogen-bond donors (Lipinski definition) is 2. The predicted octanol–water partition coefficient (Wildman–Crippen LogP) is 3.79. The van der Waals surface area contributed by atoms with E-state index in [0.717, 1.165) is 12.8 Å². The van der Waals surface area contributed by atoms with Gasteiger partial charge in [0, 0.05) is 0 Å². The molecule has 2 N–H and O–H groups in total. The number of hydrogen-bond acceptors (Lipinski definition) is 2. The SMILES string of the molecule is CCCC(CC)C(C(=O)O)(C(=O)O)C(CC)CCC. The molecule has 0 aromatic rings. The zero-order valence-corrected chi connectivity index (χ0v) is 12.6. The second-order valence-corrected chi connectivity index (χ2v) is 5.27. The zero-order valence-electron chi connectivity index (χ0n) is 12.6. The van der Waals surface area contributed by atoms with Gasteiger partial charge in [-0.05, 0) is 24.7 Å². The third-order valence-electron chi connectivity index (χ3n) is 4.26. The van der Waals surface area contributed by atoms with Crippen molar-refractivity contribution in [3.8, 4) is 0 Å². The lowest BCUT2D eigenvalue weighted by atomic mass is 9.62. The average molecular weight is 272 g/mol. The van der Waals surface area contributed by atoms with E-state index in [1.807, 2.05) is 27.7 Å². The first-order valence-corrected chi connectivity index (χ1v) is 7.39. The maximum absolute atomic E-state index is 11.8. The summed E-state index contributed by atoms with van der Waals surface area (Å²) in [5.74, 6) is -2.94. The van der Waals surface area contributed by atoms with Crippen molar-refractivity contribution in [2.45, 2.75) is 66.2 Å². The van der Waals surface area contributed by atoms with Gasteiger partial charge in [0.25, 0.3) is 0 Å². The van der Waals surface area contributed by atoms with Gasteiger partial charge in [-0.3, -0.25) is 9.59 Å². The van der Waals surface area contributed by atoms with Gasteiger partial charge in [0.05, 0.1) is 0 Å². The van der Waals surface area contributed by atoms with Crippen LogP contribution in [0.15, 0.2) is 0 Å². The molecule has 0 bridgehead atoms. The second kappa shape index (κ2) is 8.18. The molecule has 112 valence electrons. The summed E-state index contributed by atoms with van der Waals surface area (Å²) in [5.41, 5.74) is -1.63. The van der Waals surface area contributed by atoms with Crippen LogP contribution in [0.1, 0.15) is 66.2 Å². The number of carbonyl (C=O) groups is 2. The third kappa shape index (κ3) is 3.48. The van der Waals surface area contributed by atoms with Crippen LogP contribution < -0.4 is 0 Å². The van der Waals surface area contributed by atoms with Gasteiger partial charge in [-0.1, -0.05) is 53.4 Å². The molecule has 0 radical (unpaired) electrons. The lowest BCUT2D eigenvalue weighted by Crippen LogP contribution is -2.51. The molecule has 2 unspecified atom stereocenters. The van der Waals surface area contributed by atoms with Crippen LogP contribution in [0.2, 0.25) is 0 Å². The van der Waals surface area contributed by atoms with Crippen molar-refractivity contribution in [2.75, 3.05) is 0 Å². The fourth-order valence-corrected chi connectivity index (χ4v) is 3.33. The van der Waals surface area contributed by atoms with Gasteiger partial charge in [0.1, 0.15) is 0 Å². The first-order chi connectivity index (χ1) is 8.93. The van der Waals surface area contributed by atoms with Gasteiger partial charge in [-0.2, -0.15) is 0 Å². The van der Waals surface area contributed by atoms with Crippen molar-refractivity contribution in [1.29, 1.82) is 0 Å². The molecule has 0 spiro atoms. The Labute approximate surface area is 116 Å². The van der Waals surface area contributed by atoms with Crippen LogP contribution in [0.25, 0.3) is 0 Å². The van der Waals surface area contributed by atoms with Crippen LogP contribution in [0.4, 0.5) is 0 Å². The Bertz CT molecular complexity index is 269. The highest BCUT2D eigenvalue weighted by atomic mass is 16.4. The van der Waals surface area contributed by atoms with Gasteiger partial charge in [0.2, 0.25) is 0 Å². The summed E-state index contributed by atoms with van der Waals surface area (Å²) >= 11 is 0. The van der Waals surface area contributed by atoms with E-state index in [-0.39, 0.29) is 11.8 Å². The van der Waals surface area contributed by atoms with Gasteiger partial charge in [-0.25, -0.2) is 0 Å². The second-order valence-electron chi connectivity index (χ2n) is 5.27. The molecule has 0 aromatic heterocycles. The minimum absolute atomic E-state index is 0.302. The van der Waals surface area contributed by atoms with E-state index < -0.39 is 17.4 Å². The minimum Gasteiger partial charge on any atom is -0.480 e. The molecule has 0 aliphatic rings. The Morgan fingerprint density at radius 2 is 1.16 bits per heavy atom. The van der Waals surface area contributed by atoms with Gasteiger partial charge >= 0.3 is 11.9 Å². The normalized spacial score (nSPS) is 14.9. The molecule has 0 fully saturated rings. The summed E-state index contributed by atoms with van der Waals surface area (Å²) in [5, 5.41) is 19.3. The summed E-state index contributed by atoms with van der Waals surface area (Å²) in [6, 6.07) is 0. The van der Waals surface area contributed by atoms with Crippen molar-refractivity contribution in [3.63, 3.8) is 0 Å². The summed E-state index contributed by atoms with van der Waals surface area (Å²) in [4.78, 5) is 23.7. The van der Waals surface area contributed by atoms with Crippen molar-refractivity contribution in [3.05, 3.63) is 0 Å². The van der Waals surface area contributed by atoms with Crippen molar-refractivity contribution in [1.82, 2.24) is 0 Å². The quantitative estimate of drug-likeness (QED) is 0.593. The Balaban J connectivity index is 5.77. The molecule has 19 heavy (non-hydrogen) atoms. The smallest absolute Gasteiger partial charge is 0.321 e. The van der Waals surface area contributed by atoms with Crippen LogP contribution in [-0.2, 0) is 9.59 Å². The number of aliphatic carboxylic acids is 2. The van der Waals surface area contributed by atoms with Gasteiger partial charge in [0.15, 0.2) is 5.41 Å². The summed E-state index contributed by atoms with van der Waals surface area (Å²) in [6.07, 6.45) is 4.09. The molecule has 2 atom stereocenters. The Kier molecular flexibility index (Phi) is 7.72. The minimum atomic E-state index is -1.63. The molecule has 0 aromatic carbocycles. The van der Waals surface area contributed by atoms with Crippen LogP contribution in [0.3, 0.4) is 0 Å². The molecule has 0 heterocycles. The van der Waals surface area contributed by atoms with E-state index in [2.05, 4.69) is 0 Å². The molecule has 0 saturated heterocycles. The van der Waals surface area contributed by atoms with Crippen molar-refractivity contribution in [2.24, 2.45) is 17.3 Å². The Hall–Kier alpha value is -1.06. The standard InChI is InChI=1S/C15H28O4/c1-5-9-11(7-3)15(13(16)17,14(18)19)12(8-4)10-6-2/h11-12H,5-10H2,1-4H3,(H,16,17)(H,18,19). The first-order valence-electron chi connectivity index (χ1n) is 7.39. The number of carboxylic acid groups (broad SMARTS) is 2. The van der Waals surface area contributed by atoms with Crippen LogP contribution >= 0.6 is 0 Å². The van der Waals surface area contributed by atoms with Crippen LogP contribution in [-0.4, -0.2) is 22.2 Å². The maximum atomic E-state index is 11.8. The molecular weight excluding hydrogens is 244 g/mol. The van der Waals surface area contributed by atoms with Gasteiger partial charge < -0.3 is 10.2 Å². The molecule has 0 saturated carbocycles. The molecule has 4 nitrogen and oxygen atoms in total. The van der Waals surface area contributed by atoms with E-state index in [0.29, 0.717) is 25.7 Å². The zero-order chi connectivity index (χ0) is 15.1. The topological polar surface area (TPSA) is 74.6 Å². The van der Waals surface area contributed by atoms with Crippen LogP contribution in [0, 0.1) is 17.3 Å². The van der Waals surface area contributed by atoms with E-state index in [1.54, 1.807) is 0 Å². The highest BCUT2D eigenvalue weighted by molar-refractivity contribution is 5.99. The number of carboxylic acids is 2. The lowest BCUT2D eigenvalue weighted by Gasteiger charge is -2.39. The fourth-order valence-electron chi connectivity index (χ4n) is 3.33. The lowest BCUT2D eigenvalue weighted by molar-refractivity contribution is -0.176. The third-order valence-corrected chi connectivity index (χ3v) is 4.26. The highest BCUT2D eigenvalue weighted by Gasteiger charge is 2.56. The summed E-state index contributed by atoms with van der Waals surface area (Å²) in [7, 11) is 0. The predicted molar refractivity (Wildman–Crippen MR) is 75.1 cm³/mol. The monoisotopic (exact) mass is 272 g/mol. The molecule has 0 aliphatic heterocycles. The van der Waals surface area contributed by atoms with Crippen LogP contribution in [0.5, 0.6) is 0 Å². The molecule has 0 aliphatic carbocycles. The first kappa shape index (κ1) is 17.9. The molecule has 0 amide bonds. The largest absolute Gasteiger partial charge is 0.480 e. The van der Waals surface area contributed by atoms with E-state index in [9.17, 15) is 19.8 Å². The van der Waals surface area contributed by atoms with E-state index in [1.165, 1.54) is 0 Å². The Morgan fingerprint density at radius 1 is 0.842 bits per heavy atom. The Morgan fingerprint density at radius 3 is 1.32 bits per heavy atom.